The molecule has 0 saturated carbocycles. The average molecular weight is 395 g/mol. The molecule has 4 heterocycles. The zero-order valence-corrected chi connectivity index (χ0v) is 17.1. The normalized spacial score (nSPS) is 28.4. The SMILES string of the molecule is CC1CCN(C(=O)[C@@H]2C[C@H](N3CCN(c4ncnc5ccccc45)CC3)CN2)C1. The number of nitrogens with one attached hydrogen (secondary N) is 1. The smallest absolute Gasteiger partial charge is 0.239 e. The number of amides is 1. The van der Waals surface area contributed by atoms with Crippen molar-refractivity contribution in [2.45, 2.75) is 31.8 Å². The lowest BCUT2D eigenvalue weighted by atomic mass is 10.1. The molecule has 154 valence electrons. The molecule has 29 heavy (non-hydrogen) atoms. The highest BCUT2D eigenvalue weighted by molar-refractivity contribution is 5.89. The summed E-state index contributed by atoms with van der Waals surface area (Å²) >= 11 is 0. The lowest BCUT2D eigenvalue weighted by Crippen LogP contribution is -2.51. The number of carbonyl (C=O) groups excluding carboxylic acids is 1. The van der Waals surface area contributed by atoms with E-state index in [1.807, 2.05) is 18.2 Å². The molecule has 2 aromatic rings. The molecule has 7 heteroatoms. The minimum Gasteiger partial charge on any atom is -0.353 e. The van der Waals surface area contributed by atoms with Crippen LogP contribution in [-0.4, -0.2) is 83.6 Å². The van der Waals surface area contributed by atoms with Gasteiger partial charge in [0.1, 0.15) is 12.1 Å². The Morgan fingerprint density at radius 2 is 1.93 bits per heavy atom. The van der Waals surface area contributed by atoms with Crippen molar-refractivity contribution in [3.05, 3.63) is 30.6 Å². The molecule has 3 aliphatic heterocycles. The number of piperazine rings is 1. The standard InChI is InChI=1S/C22H30N6O/c1-16-6-7-28(14-16)22(29)20-12-17(13-23-20)26-8-10-27(11-9-26)21-18-4-2-3-5-19(18)24-15-25-21/h2-5,15-17,20,23H,6-14H2,1H3/t16?,17-,20-/m0/s1. The summed E-state index contributed by atoms with van der Waals surface area (Å²) < 4.78 is 0. The second-order valence-corrected chi connectivity index (χ2v) is 8.77. The first-order valence-corrected chi connectivity index (χ1v) is 10.9. The summed E-state index contributed by atoms with van der Waals surface area (Å²) in [5.41, 5.74) is 0.998. The van der Waals surface area contributed by atoms with Gasteiger partial charge in [0, 0.05) is 57.2 Å². The summed E-state index contributed by atoms with van der Waals surface area (Å²) in [5, 5.41) is 4.62. The summed E-state index contributed by atoms with van der Waals surface area (Å²) in [6.07, 6.45) is 3.74. The van der Waals surface area contributed by atoms with E-state index >= 15 is 0 Å². The Bertz CT molecular complexity index is 875. The highest BCUT2D eigenvalue weighted by atomic mass is 16.2. The van der Waals surface area contributed by atoms with Gasteiger partial charge in [0.2, 0.25) is 5.91 Å². The fourth-order valence-electron chi connectivity index (χ4n) is 5.08. The van der Waals surface area contributed by atoms with Gasteiger partial charge in [0.05, 0.1) is 11.6 Å². The molecular weight excluding hydrogens is 364 g/mol. The van der Waals surface area contributed by atoms with E-state index in [1.165, 1.54) is 0 Å². The summed E-state index contributed by atoms with van der Waals surface area (Å²) in [6.45, 7) is 8.93. The van der Waals surface area contributed by atoms with Crippen LogP contribution >= 0.6 is 0 Å². The largest absolute Gasteiger partial charge is 0.353 e. The minimum absolute atomic E-state index is 0.00543. The van der Waals surface area contributed by atoms with E-state index in [1.54, 1.807) is 6.33 Å². The third-order valence-corrected chi connectivity index (χ3v) is 6.79. The maximum absolute atomic E-state index is 12.8. The van der Waals surface area contributed by atoms with Crippen LogP contribution in [0.5, 0.6) is 0 Å². The Hall–Kier alpha value is -2.25. The minimum atomic E-state index is -0.00543. The molecule has 0 bridgehead atoms. The molecule has 3 atom stereocenters. The van der Waals surface area contributed by atoms with Crippen LogP contribution in [0.2, 0.25) is 0 Å². The fourth-order valence-corrected chi connectivity index (χ4v) is 5.08. The highest BCUT2D eigenvalue weighted by Gasteiger charge is 2.37. The van der Waals surface area contributed by atoms with Crippen molar-refractivity contribution in [1.82, 2.24) is 25.1 Å². The summed E-state index contributed by atoms with van der Waals surface area (Å²) in [5.74, 6) is 1.99. The summed E-state index contributed by atoms with van der Waals surface area (Å²) in [4.78, 5) is 28.7. The second-order valence-electron chi connectivity index (χ2n) is 8.77. The number of nitrogens with zero attached hydrogens (tertiary/aromatic N) is 5. The van der Waals surface area contributed by atoms with Crippen LogP contribution in [-0.2, 0) is 4.79 Å². The Kier molecular flexibility index (Phi) is 5.09. The van der Waals surface area contributed by atoms with E-state index < -0.39 is 0 Å². The van der Waals surface area contributed by atoms with E-state index in [0.29, 0.717) is 17.9 Å². The lowest BCUT2D eigenvalue weighted by molar-refractivity contribution is -0.132. The van der Waals surface area contributed by atoms with Gasteiger partial charge in [0.15, 0.2) is 0 Å². The first-order valence-electron chi connectivity index (χ1n) is 10.9. The molecule has 1 aromatic carbocycles. The Labute approximate surface area is 172 Å². The van der Waals surface area contributed by atoms with Crippen LogP contribution in [0, 0.1) is 5.92 Å². The van der Waals surface area contributed by atoms with Gasteiger partial charge in [-0.2, -0.15) is 0 Å². The Morgan fingerprint density at radius 3 is 2.72 bits per heavy atom. The molecular formula is C22H30N6O. The van der Waals surface area contributed by atoms with Gasteiger partial charge < -0.3 is 15.1 Å². The third kappa shape index (κ3) is 3.69. The average Bonchev–Trinajstić information content (AvgIpc) is 3.43. The zero-order valence-electron chi connectivity index (χ0n) is 17.1. The van der Waals surface area contributed by atoms with Crippen LogP contribution in [0.25, 0.3) is 10.9 Å². The first kappa shape index (κ1) is 18.8. The molecule has 1 aromatic heterocycles. The number of carbonyl (C=O) groups is 1. The predicted molar refractivity (Wildman–Crippen MR) is 114 cm³/mol. The van der Waals surface area contributed by atoms with E-state index in [2.05, 4.69) is 43.0 Å². The second kappa shape index (κ2) is 7.88. The molecule has 3 fully saturated rings. The van der Waals surface area contributed by atoms with E-state index in [0.717, 1.165) is 75.4 Å². The molecule has 0 aliphatic carbocycles. The van der Waals surface area contributed by atoms with Gasteiger partial charge in [-0.15, -0.1) is 0 Å². The number of para-hydroxylation sites is 1. The number of hydrogen-bond donors (Lipinski definition) is 1. The maximum Gasteiger partial charge on any atom is 0.239 e. The molecule has 0 spiro atoms. The lowest BCUT2D eigenvalue weighted by Gasteiger charge is -2.38. The van der Waals surface area contributed by atoms with Crippen molar-refractivity contribution >= 4 is 22.6 Å². The highest BCUT2D eigenvalue weighted by Crippen LogP contribution is 2.25. The topological polar surface area (TPSA) is 64.6 Å². The van der Waals surface area contributed by atoms with Crippen LogP contribution in [0.3, 0.4) is 0 Å². The number of fused-ring (bicyclic) bond motifs is 1. The zero-order chi connectivity index (χ0) is 19.8. The molecule has 1 unspecified atom stereocenters. The van der Waals surface area contributed by atoms with E-state index in [4.69, 9.17) is 0 Å². The predicted octanol–water partition coefficient (Wildman–Crippen LogP) is 1.35. The van der Waals surface area contributed by atoms with Crippen molar-refractivity contribution in [3.8, 4) is 0 Å². The van der Waals surface area contributed by atoms with Crippen molar-refractivity contribution < 1.29 is 4.79 Å². The Balaban J connectivity index is 1.19. The Morgan fingerprint density at radius 1 is 1.10 bits per heavy atom. The molecule has 3 aliphatic rings. The van der Waals surface area contributed by atoms with Gasteiger partial charge in [-0.05, 0) is 30.9 Å². The summed E-state index contributed by atoms with van der Waals surface area (Å²) in [6, 6.07) is 8.66. The van der Waals surface area contributed by atoms with Crippen molar-refractivity contribution in [3.63, 3.8) is 0 Å². The molecule has 3 saturated heterocycles. The molecule has 7 nitrogen and oxygen atoms in total. The number of aromatic nitrogens is 2. The molecule has 1 amide bonds. The van der Waals surface area contributed by atoms with Crippen LogP contribution in [0.4, 0.5) is 5.82 Å². The molecule has 0 radical (unpaired) electrons. The van der Waals surface area contributed by atoms with Crippen LogP contribution in [0.15, 0.2) is 30.6 Å². The first-order chi connectivity index (χ1) is 14.2. The monoisotopic (exact) mass is 394 g/mol. The van der Waals surface area contributed by atoms with Crippen LogP contribution in [0.1, 0.15) is 19.8 Å². The molecule has 5 rings (SSSR count). The number of rotatable bonds is 3. The number of hydrogen-bond acceptors (Lipinski definition) is 6. The van der Waals surface area contributed by atoms with E-state index in [9.17, 15) is 4.79 Å². The van der Waals surface area contributed by atoms with Gasteiger partial charge in [-0.3, -0.25) is 9.69 Å². The third-order valence-electron chi connectivity index (χ3n) is 6.79. The number of likely N-dealkylation sites (tertiary alicyclic amines) is 1. The fraction of sp³-hybridized carbons (Fsp3) is 0.591. The maximum atomic E-state index is 12.8. The number of anilines is 1. The quantitative estimate of drug-likeness (QED) is 0.848. The van der Waals surface area contributed by atoms with Crippen molar-refractivity contribution in [1.29, 1.82) is 0 Å². The van der Waals surface area contributed by atoms with Crippen LogP contribution < -0.4 is 10.2 Å². The van der Waals surface area contributed by atoms with Crippen molar-refractivity contribution in [2.24, 2.45) is 5.92 Å². The molecule has 1 N–H and O–H groups in total. The van der Waals surface area contributed by atoms with Crippen molar-refractivity contribution in [2.75, 3.05) is 50.7 Å². The van der Waals surface area contributed by atoms with Gasteiger partial charge in [0.25, 0.3) is 0 Å². The van der Waals surface area contributed by atoms with E-state index in [-0.39, 0.29) is 6.04 Å². The van der Waals surface area contributed by atoms with Gasteiger partial charge in [-0.25, -0.2) is 9.97 Å². The van der Waals surface area contributed by atoms with Gasteiger partial charge >= 0.3 is 0 Å². The number of benzene rings is 1. The van der Waals surface area contributed by atoms with Gasteiger partial charge in [-0.1, -0.05) is 19.1 Å². The summed E-state index contributed by atoms with van der Waals surface area (Å²) in [7, 11) is 0.